The summed E-state index contributed by atoms with van der Waals surface area (Å²) < 4.78 is 0. The van der Waals surface area contributed by atoms with Crippen LogP contribution in [-0.4, -0.2) is 21.0 Å². The number of nitrogens with two attached hydrogens (primary N) is 1. The molecule has 0 unspecified atom stereocenters. The number of benzene rings is 2. The number of hydrogen-bond donors (Lipinski definition) is 3. The zero-order chi connectivity index (χ0) is 25.6. The second kappa shape index (κ2) is 9.21. The van der Waals surface area contributed by atoms with Crippen LogP contribution in [0.3, 0.4) is 0 Å². The zero-order valence-electron chi connectivity index (χ0n) is 21.0. The van der Waals surface area contributed by atoms with E-state index in [9.17, 15) is 9.90 Å². The Labute approximate surface area is 211 Å². The van der Waals surface area contributed by atoms with Gasteiger partial charge in [0.05, 0.1) is 0 Å². The van der Waals surface area contributed by atoms with Gasteiger partial charge in [-0.15, -0.1) is 0 Å². The number of fused-ring (bicyclic) bond motifs is 2. The van der Waals surface area contributed by atoms with Crippen LogP contribution >= 0.6 is 0 Å². The third kappa shape index (κ3) is 4.14. The summed E-state index contributed by atoms with van der Waals surface area (Å²) in [5.74, 6) is 0.332. The maximum Gasteiger partial charge on any atom is 0.251 e. The predicted octanol–water partition coefficient (Wildman–Crippen LogP) is 5.13. The van der Waals surface area contributed by atoms with Gasteiger partial charge in [0.1, 0.15) is 11.9 Å². The zero-order valence-corrected chi connectivity index (χ0v) is 21.0. The number of amides is 1. The molecular weight excluding hydrogens is 448 g/mol. The molecule has 0 fully saturated rings. The van der Waals surface area contributed by atoms with Gasteiger partial charge in [0.2, 0.25) is 0 Å². The first-order valence-electron chi connectivity index (χ1n) is 12.1. The van der Waals surface area contributed by atoms with Crippen molar-refractivity contribution >= 4 is 11.7 Å². The standard InChI is InChI=1S/C30H30N4O2/c1-16-12-28(31)34-19(4)27(16)15-33-30(36)21-8-10-24-26(14-21)17(2)25-13-20(7-9-23(25)29(24)35)22-6-5-11-32-18(22)3/h5-14,17,29,35H,15H2,1-4H3,(H2,31,34)(H,33,36)/t17-,29+/m1/s1. The van der Waals surface area contributed by atoms with Gasteiger partial charge in [0.15, 0.2) is 0 Å². The van der Waals surface area contributed by atoms with Crippen LogP contribution in [0.5, 0.6) is 0 Å². The quantitative estimate of drug-likeness (QED) is 0.378. The Hall–Kier alpha value is -4.03. The summed E-state index contributed by atoms with van der Waals surface area (Å²) in [5.41, 5.74) is 16.0. The number of carbonyl (C=O) groups is 1. The molecule has 1 aliphatic rings. The minimum Gasteiger partial charge on any atom is -0.384 e. The Morgan fingerprint density at radius 1 is 0.972 bits per heavy atom. The number of nitrogens with one attached hydrogen (secondary N) is 1. The highest BCUT2D eigenvalue weighted by molar-refractivity contribution is 5.94. The number of nitrogen functional groups attached to an aromatic ring is 1. The Morgan fingerprint density at radius 3 is 2.42 bits per heavy atom. The Morgan fingerprint density at radius 2 is 1.69 bits per heavy atom. The molecule has 0 saturated heterocycles. The van der Waals surface area contributed by atoms with Crippen molar-refractivity contribution in [2.45, 2.75) is 46.3 Å². The van der Waals surface area contributed by atoms with Crippen LogP contribution in [0.2, 0.25) is 0 Å². The maximum absolute atomic E-state index is 13.1. The summed E-state index contributed by atoms with van der Waals surface area (Å²) in [5, 5.41) is 14.2. The lowest BCUT2D eigenvalue weighted by Crippen LogP contribution is -2.25. The second-order valence-electron chi connectivity index (χ2n) is 9.56. The summed E-state index contributed by atoms with van der Waals surface area (Å²) in [6.45, 7) is 8.35. The van der Waals surface area contributed by atoms with E-state index in [0.29, 0.717) is 17.9 Å². The Kier molecular flexibility index (Phi) is 6.06. The van der Waals surface area contributed by atoms with E-state index in [-0.39, 0.29) is 11.8 Å². The average molecular weight is 479 g/mol. The normalized spacial score (nSPS) is 16.2. The van der Waals surface area contributed by atoms with Crippen molar-refractivity contribution in [1.82, 2.24) is 15.3 Å². The molecule has 4 N–H and O–H groups in total. The van der Waals surface area contributed by atoms with Crippen molar-refractivity contribution in [2.24, 2.45) is 0 Å². The average Bonchev–Trinajstić information content (AvgIpc) is 2.86. The summed E-state index contributed by atoms with van der Waals surface area (Å²) in [6.07, 6.45) is 1.05. The number of anilines is 1. The second-order valence-corrected chi connectivity index (χ2v) is 9.56. The molecule has 4 aromatic rings. The molecule has 0 spiro atoms. The number of nitrogens with zero attached hydrogens (tertiary/aromatic N) is 2. The molecule has 0 radical (unpaired) electrons. The number of hydrogen-bond acceptors (Lipinski definition) is 5. The number of aliphatic hydroxyl groups excluding tert-OH is 1. The molecule has 6 heteroatoms. The molecule has 5 rings (SSSR count). The number of aromatic nitrogens is 2. The van der Waals surface area contributed by atoms with E-state index in [4.69, 9.17) is 5.73 Å². The first-order valence-corrected chi connectivity index (χ1v) is 12.1. The first kappa shape index (κ1) is 23.7. The van der Waals surface area contributed by atoms with Crippen molar-refractivity contribution in [3.8, 4) is 11.1 Å². The van der Waals surface area contributed by atoms with Crippen LogP contribution in [-0.2, 0) is 6.54 Å². The van der Waals surface area contributed by atoms with Gasteiger partial charge in [-0.3, -0.25) is 9.78 Å². The van der Waals surface area contributed by atoms with Gasteiger partial charge in [-0.1, -0.05) is 37.3 Å². The highest BCUT2D eigenvalue weighted by atomic mass is 16.3. The van der Waals surface area contributed by atoms with Crippen LogP contribution in [0.4, 0.5) is 5.82 Å². The minimum atomic E-state index is -0.737. The molecule has 1 aliphatic carbocycles. The largest absolute Gasteiger partial charge is 0.384 e. The summed E-state index contributed by atoms with van der Waals surface area (Å²) >= 11 is 0. The molecule has 2 aromatic carbocycles. The van der Waals surface area contributed by atoms with E-state index in [1.165, 1.54) is 0 Å². The maximum atomic E-state index is 13.1. The predicted molar refractivity (Wildman–Crippen MR) is 142 cm³/mol. The van der Waals surface area contributed by atoms with Crippen molar-refractivity contribution in [3.63, 3.8) is 0 Å². The SMILES string of the molecule is Cc1cc(N)nc(C)c1CNC(=O)c1ccc2c(c1)[C@H](C)c1cc(-c3cccnc3C)ccc1[C@@H]2O. The van der Waals surface area contributed by atoms with E-state index in [0.717, 1.165) is 55.9 Å². The number of aryl methyl sites for hydroxylation is 3. The molecule has 2 heterocycles. The van der Waals surface area contributed by atoms with Gasteiger partial charge in [0.25, 0.3) is 5.91 Å². The highest BCUT2D eigenvalue weighted by Crippen LogP contribution is 2.43. The number of aliphatic hydroxyl groups is 1. The molecule has 2 aromatic heterocycles. The first-order chi connectivity index (χ1) is 17.2. The lowest BCUT2D eigenvalue weighted by Gasteiger charge is -2.31. The lowest BCUT2D eigenvalue weighted by atomic mass is 9.76. The fraction of sp³-hybridized carbons (Fsp3) is 0.233. The highest BCUT2D eigenvalue weighted by Gasteiger charge is 2.30. The van der Waals surface area contributed by atoms with Crippen molar-refractivity contribution in [1.29, 1.82) is 0 Å². The van der Waals surface area contributed by atoms with E-state index in [1.807, 2.05) is 57.2 Å². The van der Waals surface area contributed by atoms with Crippen molar-refractivity contribution in [2.75, 3.05) is 5.73 Å². The van der Waals surface area contributed by atoms with Crippen molar-refractivity contribution < 1.29 is 9.90 Å². The molecule has 36 heavy (non-hydrogen) atoms. The monoisotopic (exact) mass is 478 g/mol. The molecule has 6 nitrogen and oxygen atoms in total. The van der Waals surface area contributed by atoms with Crippen LogP contribution < -0.4 is 11.1 Å². The Balaban J connectivity index is 1.44. The Bertz CT molecular complexity index is 1470. The van der Waals surface area contributed by atoms with E-state index >= 15 is 0 Å². The molecule has 2 atom stereocenters. The lowest BCUT2D eigenvalue weighted by molar-refractivity contribution is 0.0950. The van der Waals surface area contributed by atoms with Gasteiger partial charge in [-0.05, 0) is 84.0 Å². The molecule has 0 bridgehead atoms. The third-order valence-corrected chi connectivity index (χ3v) is 7.28. The number of carbonyl (C=O) groups excluding carboxylic acids is 1. The molecule has 1 amide bonds. The molecule has 182 valence electrons. The van der Waals surface area contributed by atoms with E-state index < -0.39 is 6.10 Å². The third-order valence-electron chi connectivity index (χ3n) is 7.28. The van der Waals surface area contributed by atoms with Gasteiger partial charge >= 0.3 is 0 Å². The van der Waals surface area contributed by atoms with Gasteiger partial charge < -0.3 is 16.2 Å². The number of pyridine rings is 2. The van der Waals surface area contributed by atoms with Crippen LogP contribution in [0, 0.1) is 20.8 Å². The molecule has 0 saturated carbocycles. The molecular formula is C30H30N4O2. The van der Waals surface area contributed by atoms with E-state index in [2.05, 4.69) is 34.3 Å². The van der Waals surface area contributed by atoms with Crippen LogP contribution in [0.1, 0.15) is 74.1 Å². The summed E-state index contributed by atoms with van der Waals surface area (Å²) in [6, 6.07) is 17.6. The minimum absolute atomic E-state index is 0.0221. The molecule has 0 aliphatic heterocycles. The summed E-state index contributed by atoms with van der Waals surface area (Å²) in [7, 11) is 0. The number of rotatable bonds is 4. The summed E-state index contributed by atoms with van der Waals surface area (Å²) in [4.78, 5) is 21.8. The van der Waals surface area contributed by atoms with Gasteiger partial charge in [0, 0.05) is 41.2 Å². The van der Waals surface area contributed by atoms with Crippen molar-refractivity contribution in [3.05, 3.63) is 111 Å². The van der Waals surface area contributed by atoms with Gasteiger partial charge in [-0.25, -0.2) is 4.98 Å². The van der Waals surface area contributed by atoms with Gasteiger partial charge in [-0.2, -0.15) is 0 Å². The topological polar surface area (TPSA) is 101 Å². The fourth-order valence-corrected chi connectivity index (χ4v) is 5.26. The van der Waals surface area contributed by atoms with E-state index in [1.54, 1.807) is 12.3 Å². The van der Waals surface area contributed by atoms with Crippen LogP contribution in [0.25, 0.3) is 11.1 Å². The van der Waals surface area contributed by atoms with Crippen LogP contribution in [0.15, 0.2) is 60.8 Å². The smallest absolute Gasteiger partial charge is 0.251 e. The fourth-order valence-electron chi connectivity index (χ4n) is 5.26.